The summed E-state index contributed by atoms with van der Waals surface area (Å²) < 4.78 is 5.68. The maximum Gasteiger partial charge on any atom is 0.260 e. The number of nitrogens with one attached hydrogen (secondary N) is 3. The van der Waals surface area contributed by atoms with Crippen LogP contribution >= 0.6 is 0 Å². The minimum atomic E-state index is -1.53. The van der Waals surface area contributed by atoms with E-state index in [1.807, 2.05) is 0 Å². The third-order valence-corrected chi connectivity index (χ3v) is 6.68. The first kappa shape index (κ1) is 32.0. The smallest absolute Gasteiger partial charge is 0.260 e. The number of hydrogen-bond acceptors (Lipinski definition) is 9. The summed E-state index contributed by atoms with van der Waals surface area (Å²) in [7, 11) is 0. The van der Waals surface area contributed by atoms with Crippen molar-refractivity contribution in [3.8, 4) is 0 Å². The molecule has 0 radical (unpaired) electrons. The SMILES string of the molecule is CC(=O)N[C@H]1C(C(O)[C@H](O)CNC(=O)CCCC(=O)Nc2ccc(C(=O)N3CCC3=O)cc2)OC(C)=C[C@@H]1N=C(N)N. The second-order valence-electron chi connectivity index (χ2n) is 10.1. The molecule has 2 heterocycles. The lowest BCUT2D eigenvalue weighted by molar-refractivity contribution is -0.136. The summed E-state index contributed by atoms with van der Waals surface area (Å²) in [5.74, 6) is -1.68. The van der Waals surface area contributed by atoms with E-state index in [1.54, 1.807) is 25.1 Å². The van der Waals surface area contributed by atoms with Gasteiger partial charge < -0.3 is 42.4 Å². The van der Waals surface area contributed by atoms with Crippen molar-refractivity contribution < 1.29 is 38.9 Å². The van der Waals surface area contributed by atoms with Crippen LogP contribution in [-0.2, 0) is 23.9 Å². The zero-order chi connectivity index (χ0) is 31.0. The van der Waals surface area contributed by atoms with Crippen LogP contribution in [0.1, 0.15) is 49.9 Å². The number of carbonyl (C=O) groups excluding carboxylic acids is 5. The molecule has 9 N–H and O–H groups in total. The van der Waals surface area contributed by atoms with Gasteiger partial charge in [0.2, 0.25) is 23.6 Å². The number of aliphatic hydroxyl groups is 2. The number of aliphatic imine (C=N–C) groups is 1. The molecule has 2 aliphatic rings. The Morgan fingerprint density at radius 1 is 1.12 bits per heavy atom. The van der Waals surface area contributed by atoms with Crippen molar-refractivity contribution in [3.63, 3.8) is 0 Å². The van der Waals surface area contributed by atoms with Crippen molar-refractivity contribution in [3.05, 3.63) is 41.7 Å². The fourth-order valence-corrected chi connectivity index (χ4v) is 4.50. The highest BCUT2D eigenvalue weighted by atomic mass is 16.5. The first-order valence-corrected chi connectivity index (χ1v) is 13.4. The van der Waals surface area contributed by atoms with Crippen LogP contribution in [-0.4, -0.2) is 94.1 Å². The Balaban J connectivity index is 1.42. The van der Waals surface area contributed by atoms with Crippen molar-refractivity contribution in [1.29, 1.82) is 0 Å². The van der Waals surface area contributed by atoms with Gasteiger partial charge in [-0.15, -0.1) is 0 Å². The number of guanidine groups is 1. The summed E-state index contributed by atoms with van der Waals surface area (Å²) in [6.07, 6.45) is -1.95. The third kappa shape index (κ3) is 8.75. The van der Waals surface area contributed by atoms with E-state index in [4.69, 9.17) is 16.2 Å². The molecule has 0 spiro atoms. The molecular formula is C27H37N7O8. The van der Waals surface area contributed by atoms with E-state index in [-0.39, 0.29) is 49.5 Å². The summed E-state index contributed by atoms with van der Waals surface area (Å²) in [5, 5.41) is 29.2. The summed E-state index contributed by atoms with van der Waals surface area (Å²) in [4.78, 5) is 65.2. The molecule has 15 nitrogen and oxygen atoms in total. The predicted molar refractivity (Wildman–Crippen MR) is 150 cm³/mol. The van der Waals surface area contributed by atoms with Gasteiger partial charge in [0.1, 0.15) is 18.3 Å². The second kappa shape index (κ2) is 14.4. The Morgan fingerprint density at radius 2 is 1.79 bits per heavy atom. The van der Waals surface area contributed by atoms with Crippen LogP contribution in [0.25, 0.3) is 0 Å². The number of rotatable bonds is 12. The predicted octanol–water partition coefficient (Wildman–Crippen LogP) is -1.54. The maximum atomic E-state index is 12.3. The number of benzene rings is 1. The quantitative estimate of drug-likeness (QED) is 0.0643. The standard InChI is InChI=1S/C27H37N7O8/c1-14-12-18(33-27(28)29)23(31-15(2)35)25(42-14)24(40)19(36)13-30-20(37)4-3-5-21(38)32-17-8-6-16(7-9-17)26(41)34-11-10-22(34)39/h6-9,12,18-19,23-25,36,40H,3-5,10-11,13H2,1-2H3,(H,30,37)(H,31,35)(H,32,38)(H4,28,29,33)/t18-,19+,23+,24?,25?/m0/s1. The zero-order valence-electron chi connectivity index (χ0n) is 23.4. The molecule has 1 fully saturated rings. The molecule has 5 atom stereocenters. The molecule has 0 saturated carbocycles. The number of anilines is 1. The highest BCUT2D eigenvalue weighted by molar-refractivity contribution is 6.07. The normalized spacial score (nSPS) is 21.0. The average Bonchev–Trinajstić information content (AvgIpc) is 2.91. The lowest BCUT2D eigenvalue weighted by atomic mass is 9.92. The molecule has 2 aliphatic heterocycles. The number of amides is 5. The van der Waals surface area contributed by atoms with E-state index in [2.05, 4.69) is 20.9 Å². The third-order valence-electron chi connectivity index (χ3n) is 6.68. The summed E-state index contributed by atoms with van der Waals surface area (Å²) in [5.41, 5.74) is 11.8. The van der Waals surface area contributed by atoms with E-state index < -0.39 is 42.2 Å². The van der Waals surface area contributed by atoms with Crippen LogP contribution in [0.5, 0.6) is 0 Å². The highest BCUT2D eigenvalue weighted by Gasteiger charge is 2.42. The molecule has 0 aromatic heterocycles. The number of imide groups is 1. The highest BCUT2D eigenvalue weighted by Crippen LogP contribution is 2.24. The Kier molecular flexibility index (Phi) is 11.0. The molecule has 3 rings (SSSR count). The summed E-state index contributed by atoms with van der Waals surface area (Å²) in [6.45, 7) is 2.96. The van der Waals surface area contributed by atoms with E-state index >= 15 is 0 Å². The van der Waals surface area contributed by atoms with Crippen molar-refractivity contribution in [2.45, 2.75) is 69.9 Å². The van der Waals surface area contributed by atoms with Gasteiger partial charge in [-0.1, -0.05) is 0 Å². The molecule has 42 heavy (non-hydrogen) atoms. The van der Waals surface area contributed by atoms with Gasteiger partial charge >= 0.3 is 0 Å². The fraction of sp³-hybridized carbons (Fsp3) is 0.481. The van der Waals surface area contributed by atoms with E-state index in [1.165, 1.54) is 19.1 Å². The molecule has 0 aliphatic carbocycles. The molecule has 5 amide bonds. The van der Waals surface area contributed by atoms with Gasteiger partial charge in [-0.25, -0.2) is 4.99 Å². The summed E-state index contributed by atoms with van der Waals surface area (Å²) in [6, 6.07) is 4.50. The molecular weight excluding hydrogens is 550 g/mol. The molecule has 2 unspecified atom stereocenters. The van der Waals surface area contributed by atoms with Crippen molar-refractivity contribution in [2.24, 2.45) is 16.5 Å². The second-order valence-corrected chi connectivity index (χ2v) is 10.1. The number of ether oxygens (including phenoxy) is 1. The van der Waals surface area contributed by atoms with Crippen molar-refractivity contribution in [2.75, 3.05) is 18.4 Å². The van der Waals surface area contributed by atoms with Crippen molar-refractivity contribution in [1.82, 2.24) is 15.5 Å². The minimum Gasteiger partial charge on any atom is -0.490 e. The Bertz CT molecular complexity index is 1250. The molecule has 228 valence electrons. The van der Waals surface area contributed by atoms with Gasteiger partial charge in [0.15, 0.2) is 5.96 Å². The zero-order valence-corrected chi connectivity index (χ0v) is 23.4. The van der Waals surface area contributed by atoms with Crippen LogP contribution in [0, 0.1) is 0 Å². The number of aliphatic hydroxyl groups excluding tert-OH is 2. The van der Waals surface area contributed by atoms with Gasteiger partial charge in [-0.3, -0.25) is 28.9 Å². The number of likely N-dealkylation sites (tertiary alicyclic amines) is 1. The van der Waals surface area contributed by atoms with E-state index in [0.29, 0.717) is 30.0 Å². The lowest BCUT2D eigenvalue weighted by Crippen LogP contribution is -2.60. The van der Waals surface area contributed by atoms with Crippen LogP contribution in [0.3, 0.4) is 0 Å². The number of allylic oxidation sites excluding steroid dienone is 1. The maximum absolute atomic E-state index is 12.3. The van der Waals surface area contributed by atoms with E-state index in [9.17, 15) is 34.2 Å². The van der Waals surface area contributed by atoms with Crippen molar-refractivity contribution >= 4 is 41.2 Å². The van der Waals surface area contributed by atoms with Gasteiger partial charge in [-0.2, -0.15) is 0 Å². The van der Waals surface area contributed by atoms with Gasteiger partial charge in [0, 0.05) is 50.5 Å². The molecule has 15 heteroatoms. The topological polar surface area (TPSA) is 239 Å². The number of nitrogens with zero attached hydrogens (tertiary/aromatic N) is 2. The molecule has 1 aromatic rings. The number of nitrogens with two attached hydrogens (primary N) is 2. The van der Waals surface area contributed by atoms with Crippen LogP contribution in [0.2, 0.25) is 0 Å². The first-order chi connectivity index (χ1) is 19.8. The number of β-lactam (4-membered cyclic amide) rings is 1. The van der Waals surface area contributed by atoms with Gasteiger partial charge in [0.25, 0.3) is 5.91 Å². The average molecular weight is 588 g/mol. The number of carbonyl (C=O) groups is 5. The molecule has 1 saturated heterocycles. The number of hydrogen-bond donors (Lipinski definition) is 7. The Morgan fingerprint density at radius 3 is 2.36 bits per heavy atom. The van der Waals surface area contributed by atoms with E-state index in [0.717, 1.165) is 4.90 Å². The molecule has 0 bridgehead atoms. The Labute approximate surface area is 242 Å². The fourth-order valence-electron chi connectivity index (χ4n) is 4.50. The monoisotopic (exact) mass is 587 g/mol. The van der Waals surface area contributed by atoms with Crippen LogP contribution < -0.4 is 27.4 Å². The minimum absolute atomic E-state index is 0.0175. The Hall–Kier alpha value is -4.50. The van der Waals surface area contributed by atoms with Gasteiger partial charge in [0.05, 0.1) is 17.8 Å². The van der Waals surface area contributed by atoms with Crippen LogP contribution in [0.4, 0.5) is 5.69 Å². The lowest BCUT2D eigenvalue weighted by Gasteiger charge is -2.39. The molecule has 1 aromatic carbocycles. The summed E-state index contributed by atoms with van der Waals surface area (Å²) >= 11 is 0. The first-order valence-electron chi connectivity index (χ1n) is 13.4. The largest absolute Gasteiger partial charge is 0.490 e. The van der Waals surface area contributed by atoms with Gasteiger partial charge in [-0.05, 0) is 43.7 Å². The van der Waals surface area contributed by atoms with Crippen LogP contribution in [0.15, 0.2) is 41.1 Å².